The fourth-order valence-corrected chi connectivity index (χ4v) is 5.07. The number of hydrogen-bond donors (Lipinski definition) is 0. The Morgan fingerprint density at radius 2 is 0.707 bits per heavy atom. The van der Waals surface area contributed by atoms with E-state index < -0.39 is 6.10 Å². The number of ether oxygens (including phenoxy) is 3. The van der Waals surface area contributed by atoms with E-state index in [2.05, 4.69) is 81.5 Å². The maximum atomic E-state index is 12.7. The van der Waals surface area contributed by atoms with Crippen molar-refractivity contribution in [1.29, 1.82) is 0 Å². The molecule has 0 aromatic heterocycles. The Balaban J connectivity index is 4.64. The quantitative estimate of drug-likeness (QED) is 0.0207. The van der Waals surface area contributed by atoms with Crippen molar-refractivity contribution in [3.05, 3.63) is 146 Å². The van der Waals surface area contributed by atoms with Crippen molar-refractivity contribution in [2.45, 2.75) is 149 Å². The number of esters is 3. The van der Waals surface area contributed by atoms with E-state index in [0.29, 0.717) is 19.3 Å². The zero-order chi connectivity index (χ0) is 42.3. The first-order chi connectivity index (χ1) is 28.5. The van der Waals surface area contributed by atoms with Gasteiger partial charge in [-0.05, 0) is 89.9 Å². The highest BCUT2D eigenvalue weighted by Crippen LogP contribution is 2.10. The molecule has 0 fully saturated rings. The molecule has 0 spiro atoms. The average Bonchev–Trinajstić information content (AvgIpc) is 3.22. The highest BCUT2D eigenvalue weighted by molar-refractivity contribution is 5.71. The summed E-state index contributed by atoms with van der Waals surface area (Å²) in [5.74, 6) is -1.07. The summed E-state index contributed by atoms with van der Waals surface area (Å²) >= 11 is 0. The minimum Gasteiger partial charge on any atom is -0.462 e. The number of unbranched alkanes of at least 4 members (excludes halogenated alkanes) is 8. The Morgan fingerprint density at radius 1 is 0.362 bits per heavy atom. The lowest BCUT2D eigenvalue weighted by molar-refractivity contribution is -0.167. The highest BCUT2D eigenvalue weighted by atomic mass is 16.6. The van der Waals surface area contributed by atoms with Gasteiger partial charge in [0, 0.05) is 19.3 Å². The third-order valence-electron chi connectivity index (χ3n) is 8.29. The number of allylic oxidation sites excluding steroid dienone is 24. The first-order valence-electron chi connectivity index (χ1n) is 22.0. The minimum atomic E-state index is -0.836. The zero-order valence-electron chi connectivity index (χ0n) is 36.2. The predicted molar refractivity (Wildman–Crippen MR) is 246 cm³/mol. The van der Waals surface area contributed by atoms with E-state index in [0.717, 1.165) is 83.5 Å². The van der Waals surface area contributed by atoms with E-state index in [1.807, 2.05) is 85.1 Å². The van der Waals surface area contributed by atoms with Gasteiger partial charge < -0.3 is 14.2 Å². The van der Waals surface area contributed by atoms with Crippen LogP contribution in [0.2, 0.25) is 0 Å². The van der Waals surface area contributed by atoms with Crippen molar-refractivity contribution in [2.75, 3.05) is 13.2 Å². The molecular weight excluding hydrogens is 721 g/mol. The predicted octanol–water partition coefficient (Wildman–Crippen LogP) is 14.1. The molecule has 0 N–H and O–H groups in total. The molecule has 0 aromatic carbocycles. The van der Waals surface area contributed by atoms with Gasteiger partial charge in [0.25, 0.3) is 0 Å². The summed E-state index contributed by atoms with van der Waals surface area (Å²) in [6, 6.07) is 0. The lowest BCUT2D eigenvalue weighted by Crippen LogP contribution is -2.30. The maximum absolute atomic E-state index is 12.7. The van der Waals surface area contributed by atoms with Gasteiger partial charge in [-0.25, -0.2) is 0 Å². The van der Waals surface area contributed by atoms with Crippen molar-refractivity contribution in [1.82, 2.24) is 0 Å². The molecule has 0 aromatic rings. The summed E-state index contributed by atoms with van der Waals surface area (Å²) in [6.07, 6.45) is 64.0. The average molecular weight is 797 g/mol. The molecule has 0 aliphatic carbocycles. The van der Waals surface area contributed by atoms with E-state index >= 15 is 0 Å². The van der Waals surface area contributed by atoms with E-state index in [4.69, 9.17) is 14.2 Å². The first-order valence-corrected chi connectivity index (χ1v) is 22.0. The summed E-state index contributed by atoms with van der Waals surface area (Å²) in [7, 11) is 0. The van der Waals surface area contributed by atoms with Crippen LogP contribution in [0.5, 0.6) is 0 Å². The Bertz CT molecular complexity index is 1380. The molecule has 0 saturated carbocycles. The Hall–Kier alpha value is -4.71. The van der Waals surface area contributed by atoms with Crippen LogP contribution >= 0.6 is 0 Å². The van der Waals surface area contributed by atoms with E-state index in [-0.39, 0.29) is 50.4 Å². The molecule has 0 heterocycles. The molecule has 6 heteroatoms. The molecule has 0 aliphatic heterocycles. The molecular formula is C52H76O6. The number of rotatable bonds is 36. The molecule has 6 nitrogen and oxygen atoms in total. The summed E-state index contributed by atoms with van der Waals surface area (Å²) in [5, 5.41) is 0. The monoisotopic (exact) mass is 797 g/mol. The van der Waals surface area contributed by atoms with Gasteiger partial charge in [-0.15, -0.1) is 0 Å². The Morgan fingerprint density at radius 3 is 1.17 bits per heavy atom. The van der Waals surface area contributed by atoms with Crippen LogP contribution < -0.4 is 0 Å². The van der Waals surface area contributed by atoms with Gasteiger partial charge in [0.2, 0.25) is 0 Å². The molecule has 58 heavy (non-hydrogen) atoms. The molecule has 1 unspecified atom stereocenters. The first kappa shape index (κ1) is 53.3. The third-order valence-corrected chi connectivity index (χ3v) is 8.29. The second kappa shape index (κ2) is 45.0. The zero-order valence-corrected chi connectivity index (χ0v) is 36.2. The molecule has 0 amide bonds. The van der Waals surface area contributed by atoms with Gasteiger partial charge in [0.1, 0.15) is 13.2 Å². The van der Waals surface area contributed by atoms with Crippen LogP contribution in [0.1, 0.15) is 143 Å². The van der Waals surface area contributed by atoms with Gasteiger partial charge in [0.05, 0.1) is 0 Å². The summed E-state index contributed by atoms with van der Waals surface area (Å²) in [6.45, 7) is 6.08. The molecule has 0 rings (SSSR count). The van der Waals surface area contributed by atoms with Crippen molar-refractivity contribution in [2.24, 2.45) is 0 Å². The van der Waals surface area contributed by atoms with E-state index in [9.17, 15) is 14.4 Å². The summed E-state index contributed by atoms with van der Waals surface area (Å²) < 4.78 is 16.6. The van der Waals surface area contributed by atoms with Gasteiger partial charge in [0.15, 0.2) is 6.10 Å². The molecule has 1 atom stereocenters. The largest absolute Gasteiger partial charge is 0.462 e. The van der Waals surface area contributed by atoms with Crippen LogP contribution in [0, 0.1) is 0 Å². The van der Waals surface area contributed by atoms with Crippen molar-refractivity contribution >= 4 is 17.9 Å². The van der Waals surface area contributed by atoms with Crippen LogP contribution in [-0.2, 0) is 28.6 Å². The lowest BCUT2D eigenvalue weighted by Gasteiger charge is -2.18. The Kier molecular flexibility index (Phi) is 41.3. The minimum absolute atomic E-state index is 0.135. The molecule has 320 valence electrons. The summed E-state index contributed by atoms with van der Waals surface area (Å²) in [4.78, 5) is 37.7. The van der Waals surface area contributed by atoms with Crippen molar-refractivity contribution in [3.8, 4) is 0 Å². The van der Waals surface area contributed by atoms with Gasteiger partial charge in [-0.1, -0.05) is 179 Å². The third kappa shape index (κ3) is 42.4. The maximum Gasteiger partial charge on any atom is 0.306 e. The van der Waals surface area contributed by atoms with Crippen LogP contribution in [0.25, 0.3) is 0 Å². The molecule has 0 bridgehead atoms. The Labute approximate surface area is 353 Å². The standard InChI is InChI=1S/C52H76O6/c1-4-7-10-13-16-19-22-25-26-28-30-33-36-39-42-45-51(54)57-48-49(47-56-50(53)44-41-38-35-32-29-24-21-18-15-12-9-6-3)58-52(55)46-43-40-37-34-31-27-23-20-17-14-11-8-5-2/h7-14,16-23,25-32,49H,4-6,15,24,33-48H2,1-3H3/b10-7-,11-8-,12-9-,16-13-,17-14-,21-18-,22-19-,23-20-,26-25-,30-28-,31-27-,32-29-. The second-order valence-electron chi connectivity index (χ2n) is 13.7. The van der Waals surface area contributed by atoms with Crippen LogP contribution in [-0.4, -0.2) is 37.2 Å². The van der Waals surface area contributed by atoms with Crippen LogP contribution in [0.15, 0.2) is 146 Å². The lowest BCUT2D eigenvalue weighted by atomic mass is 10.1. The van der Waals surface area contributed by atoms with Gasteiger partial charge in [-0.3, -0.25) is 14.4 Å². The fraction of sp³-hybridized carbons (Fsp3) is 0.481. The van der Waals surface area contributed by atoms with Crippen molar-refractivity contribution in [3.63, 3.8) is 0 Å². The van der Waals surface area contributed by atoms with Gasteiger partial charge in [-0.2, -0.15) is 0 Å². The van der Waals surface area contributed by atoms with E-state index in [1.54, 1.807) is 0 Å². The number of carbonyl (C=O) groups is 3. The van der Waals surface area contributed by atoms with Gasteiger partial charge >= 0.3 is 17.9 Å². The fourth-order valence-electron chi connectivity index (χ4n) is 5.07. The normalized spacial score (nSPS) is 13.5. The number of hydrogen-bond acceptors (Lipinski definition) is 6. The molecule has 0 saturated heterocycles. The second-order valence-corrected chi connectivity index (χ2v) is 13.7. The van der Waals surface area contributed by atoms with Crippen molar-refractivity contribution < 1.29 is 28.6 Å². The van der Waals surface area contributed by atoms with E-state index in [1.165, 1.54) is 0 Å². The van der Waals surface area contributed by atoms with Crippen LogP contribution in [0.3, 0.4) is 0 Å². The molecule has 0 radical (unpaired) electrons. The topological polar surface area (TPSA) is 78.9 Å². The molecule has 0 aliphatic rings. The highest BCUT2D eigenvalue weighted by Gasteiger charge is 2.19. The van der Waals surface area contributed by atoms with Crippen LogP contribution in [0.4, 0.5) is 0 Å². The SMILES string of the molecule is CC\C=C/C=C\C=C/C=C\C=C/CCCCCC(=O)OCC(COC(=O)CCCC/C=C\C/C=C\C/C=C\CC)OC(=O)CCCCC\C=C/C=C\C=C/C=C\CC. The smallest absolute Gasteiger partial charge is 0.306 e. The number of carbonyl (C=O) groups excluding carboxylic acids is 3. The summed E-state index contributed by atoms with van der Waals surface area (Å²) in [5.41, 5.74) is 0.